The Morgan fingerprint density at radius 2 is 2.06 bits per heavy atom. The number of hydrogen-bond donors (Lipinski definition) is 1. The molecule has 0 saturated heterocycles. The lowest BCUT2D eigenvalue weighted by Gasteiger charge is -2.24. The number of nitrogen functional groups attached to an aromatic ring is 1. The smallest absolute Gasteiger partial charge is 0.243 e. The Labute approximate surface area is 113 Å². The molecule has 2 N–H and O–H groups in total. The lowest BCUT2D eigenvalue weighted by atomic mass is 10.2. The minimum Gasteiger partial charge on any atom is -0.397 e. The van der Waals surface area contributed by atoms with Crippen LogP contribution in [-0.4, -0.2) is 25.8 Å². The average molecular weight is 289 g/mol. The molecule has 0 spiro atoms. The molecule has 18 heavy (non-hydrogen) atoms. The number of benzene rings is 1. The molecule has 100 valence electrons. The Morgan fingerprint density at radius 1 is 1.44 bits per heavy atom. The second kappa shape index (κ2) is 4.72. The third-order valence-corrected chi connectivity index (χ3v) is 5.81. The summed E-state index contributed by atoms with van der Waals surface area (Å²) >= 11 is 5.80. The first-order chi connectivity index (χ1) is 8.34. The average Bonchev–Trinajstić information content (AvgIpc) is 3.14. The molecule has 4 nitrogen and oxygen atoms in total. The van der Waals surface area contributed by atoms with Crippen molar-refractivity contribution >= 4 is 27.3 Å². The van der Waals surface area contributed by atoms with E-state index in [1.807, 2.05) is 6.92 Å². The lowest BCUT2D eigenvalue weighted by Crippen LogP contribution is -2.36. The van der Waals surface area contributed by atoms with Crippen LogP contribution < -0.4 is 5.73 Å². The number of nitrogens with two attached hydrogens (primary N) is 1. The maximum atomic E-state index is 12.4. The van der Waals surface area contributed by atoms with E-state index in [4.69, 9.17) is 17.3 Å². The number of nitrogens with zero attached hydrogens (tertiary/aromatic N) is 1. The van der Waals surface area contributed by atoms with Crippen LogP contribution in [-0.2, 0) is 10.0 Å². The molecule has 6 heteroatoms. The zero-order valence-electron chi connectivity index (χ0n) is 10.4. The molecule has 1 saturated carbocycles. The summed E-state index contributed by atoms with van der Waals surface area (Å²) in [4.78, 5) is 0.194. The molecule has 0 aromatic heterocycles. The number of sulfonamides is 1. The molecule has 0 radical (unpaired) electrons. The number of rotatable bonds is 4. The highest BCUT2D eigenvalue weighted by Gasteiger charge is 2.36. The van der Waals surface area contributed by atoms with E-state index in [-0.39, 0.29) is 16.6 Å². The van der Waals surface area contributed by atoms with Crippen LogP contribution in [0.3, 0.4) is 0 Å². The minimum atomic E-state index is -3.49. The molecule has 0 aliphatic heterocycles. The van der Waals surface area contributed by atoms with E-state index in [0.717, 1.165) is 12.8 Å². The van der Waals surface area contributed by atoms with Crippen LogP contribution in [0, 0.1) is 5.92 Å². The summed E-state index contributed by atoms with van der Waals surface area (Å²) in [5.41, 5.74) is 5.93. The summed E-state index contributed by atoms with van der Waals surface area (Å²) in [6, 6.07) is 4.43. The van der Waals surface area contributed by atoms with Gasteiger partial charge in [0.2, 0.25) is 10.0 Å². The zero-order chi connectivity index (χ0) is 13.5. The monoisotopic (exact) mass is 288 g/mol. The molecule has 1 aromatic rings. The summed E-state index contributed by atoms with van der Waals surface area (Å²) in [6.07, 6.45) is 2.20. The van der Waals surface area contributed by atoms with E-state index in [1.165, 1.54) is 22.5 Å². The Hall–Kier alpha value is -0.780. The van der Waals surface area contributed by atoms with E-state index < -0.39 is 10.0 Å². The van der Waals surface area contributed by atoms with Gasteiger partial charge in [0.15, 0.2) is 0 Å². The summed E-state index contributed by atoms with van der Waals surface area (Å²) < 4.78 is 26.2. The molecule has 0 heterocycles. The normalized spacial score (nSPS) is 18.0. The molecule has 1 aliphatic rings. The van der Waals surface area contributed by atoms with E-state index in [0.29, 0.717) is 10.9 Å². The Kier molecular flexibility index (Phi) is 3.58. The fourth-order valence-electron chi connectivity index (χ4n) is 1.94. The van der Waals surface area contributed by atoms with E-state index >= 15 is 0 Å². The molecule has 1 atom stereocenters. The highest BCUT2D eigenvalue weighted by molar-refractivity contribution is 7.89. The van der Waals surface area contributed by atoms with E-state index in [2.05, 4.69) is 0 Å². The molecule has 1 aromatic carbocycles. The quantitative estimate of drug-likeness (QED) is 0.865. The predicted molar refractivity (Wildman–Crippen MR) is 73.0 cm³/mol. The minimum absolute atomic E-state index is 0.0203. The standard InChI is InChI=1S/C12H17ClN2O2S/c1-8(9-3-4-9)15(2)18(16,17)10-5-6-11(13)12(14)7-10/h5-9H,3-4,14H2,1-2H3. The third-order valence-electron chi connectivity index (χ3n) is 3.52. The predicted octanol–water partition coefficient (Wildman–Crippen LogP) is 2.34. The van der Waals surface area contributed by atoms with Gasteiger partial charge >= 0.3 is 0 Å². The summed E-state index contributed by atoms with van der Waals surface area (Å²) in [6.45, 7) is 1.94. The van der Waals surface area contributed by atoms with E-state index in [1.54, 1.807) is 7.05 Å². The van der Waals surface area contributed by atoms with Crippen molar-refractivity contribution in [3.05, 3.63) is 23.2 Å². The second-order valence-electron chi connectivity index (χ2n) is 4.78. The first-order valence-electron chi connectivity index (χ1n) is 5.87. The first kappa shape index (κ1) is 13.6. The highest BCUT2D eigenvalue weighted by atomic mass is 35.5. The molecule has 1 unspecified atom stereocenters. The Morgan fingerprint density at radius 3 is 2.56 bits per heavy atom. The van der Waals surface area contributed by atoms with Gasteiger partial charge in [0.25, 0.3) is 0 Å². The largest absolute Gasteiger partial charge is 0.397 e. The van der Waals surface area contributed by atoms with Gasteiger partial charge in [-0.3, -0.25) is 0 Å². The van der Waals surface area contributed by atoms with Crippen molar-refractivity contribution in [2.45, 2.75) is 30.7 Å². The Bertz CT molecular complexity index is 555. The molecular weight excluding hydrogens is 272 g/mol. The highest BCUT2D eigenvalue weighted by Crippen LogP contribution is 2.36. The maximum Gasteiger partial charge on any atom is 0.243 e. The van der Waals surface area contributed by atoms with Crippen molar-refractivity contribution in [3.8, 4) is 0 Å². The molecule has 1 aliphatic carbocycles. The number of halogens is 1. The van der Waals surface area contributed by atoms with Crippen LogP contribution in [0.1, 0.15) is 19.8 Å². The maximum absolute atomic E-state index is 12.4. The van der Waals surface area contributed by atoms with Crippen LogP contribution in [0.15, 0.2) is 23.1 Å². The van der Waals surface area contributed by atoms with Crippen molar-refractivity contribution in [1.82, 2.24) is 4.31 Å². The molecule has 0 bridgehead atoms. The van der Waals surface area contributed by atoms with Crippen LogP contribution in [0.4, 0.5) is 5.69 Å². The van der Waals surface area contributed by atoms with E-state index in [9.17, 15) is 8.42 Å². The van der Waals surface area contributed by atoms with Gasteiger partial charge in [-0.15, -0.1) is 0 Å². The SMILES string of the molecule is CC(C1CC1)N(C)S(=O)(=O)c1ccc(Cl)c(N)c1. The third kappa shape index (κ3) is 2.48. The van der Waals surface area contributed by atoms with Crippen molar-refractivity contribution in [2.24, 2.45) is 5.92 Å². The fraction of sp³-hybridized carbons (Fsp3) is 0.500. The van der Waals surface area contributed by atoms with Gasteiger partial charge in [0.05, 0.1) is 15.6 Å². The molecule has 2 rings (SSSR count). The fourth-order valence-corrected chi connectivity index (χ4v) is 3.52. The molecule has 0 amide bonds. The van der Waals surface area contributed by atoms with Crippen LogP contribution in [0.2, 0.25) is 5.02 Å². The lowest BCUT2D eigenvalue weighted by molar-refractivity contribution is 0.357. The Balaban J connectivity index is 2.31. The topological polar surface area (TPSA) is 63.4 Å². The number of anilines is 1. The summed E-state index contributed by atoms with van der Waals surface area (Å²) in [7, 11) is -1.87. The first-order valence-corrected chi connectivity index (χ1v) is 7.69. The van der Waals surface area contributed by atoms with Gasteiger partial charge in [-0.05, 0) is 43.9 Å². The molecule has 1 fully saturated rings. The molecular formula is C12H17ClN2O2S. The van der Waals surface area contributed by atoms with Crippen LogP contribution in [0.5, 0.6) is 0 Å². The number of hydrogen-bond acceptors (Lipinski definition) is 3. The van der Waals surface area contributed by atoms with Gasteiger partial charge in [-0.1, -0.05) is 11.6 Å². The summed E-state index contributed by atoms with van der Waals surface area (Å²) in [5.74, 6) is 0.481. The summed E-state index contributed by atoms with van der Waals surface area (Å²) in [5, 5.41) is 0.367. The van der Waals surface area contributed by atoms with Gasteiger partial charge in [-0.2, -0.15) is 4.31 Å². The van der Waals surface area contributed by atoms with Crippen molar-refractivity contribution in [1.29, 1.82) is 0 Å². The van der Waals surface area contributed by atoms with Gasteiger partial charge in [-0.25, -0.2) is 8.42 Å². The van der Waals surface area contributed by atoms with Crippen LogP contribution >= 0.6 is 11.6 Å². The van der Waals surface area contributed by atoms with Gasteiger partial charge in [0.1, 0.15) is 0 Å². The second-order valence-corrected chi connectivity index (χ2v) is 7.19. The van der Waals surface area contributed by atoms with Crippen molar-refractivity contribution < 1.29 is 8.42 Å². The van der Waals surface area contributed by atoms with Gasteiger partial charge in [0, 0.05) is 13.1 Å². The van der Waals surface area contributed by atoms with Crippen molar-refractivity contribution in [3.63, 3.8) is 0 Å². The van der Waals surface area contributed by atoms with Crippen LogP contribution in [0.25, 0.3) is 0 Å². The zero-order valence-corrected chi connectivity index (χ0v) is 12.0. The van der Waals surface area contributed by atoms with Gasteiger partial charge < -0.3 is 5.73 Å². The van der Waals surface area contributed by atoms with Crippen molar-refractivity contribution in [2.75, 3.05) is 12.8 Å².